The van der Waals surface area contributed by atoms with Crippen molar-refractivity contribution < 1.29 is 14.6 Å². The van der Waals surface area contributed by atoms with Gasteiger partial charge in [-0.15, -0.1) is 0 Å². The lowest BCUT2D eigenvalue weighted by atomic mass is 9.90. The molecule has 156 valence electrons. The summed E-state index contributed by atoms with van der Waals surface area (Å²) in [5.74, 6) is 0.962. The number of ether oxygens (including phenoxy) is 1. The molecule has 1 amide bonds. The molecule has 1 aromatic carbocycles. The van der Waals surface area contributed by atoms with Crippen LogP contribution in [0.5, 0.6) is 0 Å². The van der Waals surface area contributed by atoms with Gasteiger partial charge in [-0.25, -0.2) is 4.98 Å². The predicted octanol–water partition coefficient (Wildman–Crippen LogP) is 1.69. The smallest absolute Gasteiger partial charge is 0.254 e. The van der Waals surface area contributed by atoms with Gasteiger partial charge >= 0.3 is 0 Å². The molecular weight excluding hydrogens is 368 g/mol. The summed E-state index contributed by atoms with van der Waals surface area (Å²) in [4.78, 5) is 21.7. The molecule has 3 heterocycles. The number of amides is 1. The highest BCUT2D eigenvalue weighted by atomic mass is 16.5. The molecule has 4 rings (SSSR count). The highest BCUT2D eigenvalue weighted by Gasteiger charge is 2.35. The maximum Gasteiger partial charge on any atom is 0.254 e. The molecule has 2 aliphatic rings. The molecule has 0 radical (unpaired) electrons. The van der Waals surface area contributed by atoms with Gasteiger partial charge in [0.15, 0.2) is 0 Å². The van der Waals surface area contributed by atoms with E-state index in [1.54, 1.807) is 6.20 Å². The number of carbonyl (C=O) groups excluding carboxylic acids is 1. The summed E-state index contributed by atoms with van der Waals surface area (Å²) in [6.45, 7) is 7.64. The molecule has 0 saturated carbocycles. The van der Waals surface area contributed by atoms with Crippen LogP contribution >= 0.6 is 0 Å². The van der Waals surface area contributed by atoms with Crippen LogP contribution in [0.15, 0.2) is 36.7 Å². The summed E-state index contributed by atoms with van der Waals surface area (Å²) in [6.07, 6.45) is 4.79. The molecule has 0 atom stereocenters. The van der Waals surface area contributed by atoms with Crippen molar-refractivity contribution in [1.82, 2.24) is 19.4 Å². The van der Waals surface area contributed by atoms with E-state index < -0.39 is 5.60 Å². The van der Waals surface area contributed by atoms with Crippen LogP contribution in [-0.4, -0.2) is 75.4 Å². The van der Waals surface area contributed by atoms with E-state index >= 15 is 0 Å². The van der Waals surface area contributed by atoms with Crippen LogP contribution in [0.1, 0.15) is 34.6 Å². The molecule has 0 unspecified atom stereocenters. The second kappa shape index (κ2) is 8.65. The number of aliphatic hydroxyl groups is 1. The topological polar surface area (TPSA) is 70.8 Å². The molecule has 7 nitrogen and oxygen atoms in total. The second-order valence-corrected chi connectivity index (χ2v) is 8.16. The first-order valence-electron chi connectivity index (χ1n) is 10.4. The highest BCUT2D eigenvalue weighted by Crippen LogP contribution is 2.26. The van der Waals surface area contributed by atoms with E-state index in [4.69, 9.17) is 4.74 Å². The molecule has 1 N–H and O–H groups in total. The van der Waals surface area contributed by atoms with E-state index in [0.717, 1.165) is 49.8 Å². The van der Waals surface area contributed by atoms with Gasteiger partial charge in [-0.3, -0.25) is 9.69 Å². The first-order valence-corrected chi connectivity index (χ1v) is 10.4. The Morgan fingerprint density at radius 2 is 1.90 bits per heavy atom. The Kier molecular flexibility index (Phi) is 5.99. The van der Waals surface area contributed by atoms with Crippen molar-refractivity contribution in [3.63, 3.8) is 0 Å². The third-order valence-corrected chi connectivity index (χ3v) is 6.12. The summed E-state index contributed by atoms with van der Waals surface area (Å²) in [5.41, 5.74) is 1.04. The van der Waals surface area contributed by atoms with Gasteiger partial charge in [-0.05, 0) is 31.4 Å². The Hall–Kier alpha value is -2.22. The van der Waals surface area contributed by atoms with Crippen LogP contribution < -0.4 is 0 Å². The third kappa shape index (κ3) is 4.69. The zero-order valence-electron chi connectivity index (χ0n) is 17.1. The van der Waals surface area contributed by atoms with Gasteiger partial charge in [0.05, 0.1) is 25.4 Å². The molecule has 0 spiro atoms. The maximum atomic E-state index is 13.2. The summed E-state index contributed by atoms with van der Waals surface area (Å²) in [7, 11) is 0. The third-order valence-electron chi connectivity index (χ3n) is 6.12. The lowest BCUT2D eigenvalue weighted by Gasteiger charge is -2.39. The van der Waals surface area contributed by atoms with Gasteiger partial charge in [0.25, 0.3) is 5.91 Å². The lowest BCUT2D eigenvalue weighted by molar-refractivity contribution is -0.0296. The predicted molar refractivity (Wildman–Crippen MR) is 110 cm³/mol. The van der Waals surface area contributed by atoms with Crippen molar-refractivity contribution >= 4 is 5.91 Å². The Labute approximate surface area is 171 Å². The van der Waals surface area contributed by atoms with Crippen LogP contribution in [0.4, 0.5) is 0 Å². The zero-order chi connectivity index (χ0) is 20.3. The van der Waals surface area contributed by atoms with Crippen LogP contribution in [0.3, 0.4) is 0 Å². The molecule has 1 aromatic heterocycles. The Morgan fingerprint density at radius 1 is 1.17 bits per heavy atom. The molecule has 2 aromatic rings. The summed E-state index contributed by atoms with van der Waals surface area (Å²) >= 11 is 0. The van der Waals surface area contributed by atoms with Crippen molar-refractivity contribution in [2.24, 2.45) is 0 Å². The van der Waals surface area contributed by atoms with Crippen molar-refractivity contribution in [2.75, 3.05) is 39.4 Å². The van der Waals surface area contributed by atoms with Gasteiger partial charge in [0, 0.05) is 50.7 Å². The first kappa shape index (κ1) is 20.1. The van der Waals surface area contributed by atoms with Crippen LogP contribution in [0, 0.1) is 6.92 Å². The number of morpholine rings is 1. The van der Waals surface area contributed by atoms with Crippen molar-refractivity contribution in [1.29, 1.82) is 0 Å². The number of hydrogen-bond donors (Lipinski definition) is 1. The minimum Gasteiger partial charge on any atom is -0.388 e. The van der Waals surface area contributed by atoms with E-state index in [1.165, 1.54) is 0 Å². The lowest BCUT2D eigenvalue weighted by Crippen LogP contribution is -2.49. The van der Waals surface area contributed by atoms with E-state index in [1.807, 2.05) is 46.9 Å². The standard InChI is InChI=1S/C22H30N4O3/c1-18-23-8-11-26(18)17-22(28)6-9-25(10-7-22)21(27)20-5-3-2-4-19(20)16-24-12-14-29-15-13-24/h2-5,8,11,28H,6-7,9-10,12-17H2,1H3. The SMILES string of the molecule is Cc1nccn1CC1(O)CCN(C(=O)c2ccccc2CN2CCOCC2)CC1. The number of imidazole rings is 1. The zero-order valence-corrected chi connectivity index (χ0v) is 17.1. The Balaban J connectivity index is 1.40. The largest absolute Gasteiger partial charge is 0.388 e. The number of hydrogen-bond acceptors (Lipinski definition) is 5. The number of aromatic nitrogens is 2. The van der Waals surface area contributed by atoms with Gasteiger partial charge in [-0.2, -0.15) is 0 Å². The fourth-order valence-corrected chi connectivity index (χ4v) is 4.21. The normalized spacial score (nSPS) is 20.0. The van der Waals surface area contributed by atoms with Crippen molar-refractivity contribution in [3.05, 3.63) is 53.6 Å². The van der Waals surface area contributed by atoms with Gasteiger partial charge in [-0.1, -0.05) is 18.2 Å². The minimum atomic E-state index is -0.796. The van der Waals surface area contributed by atoms with Crippen LogP contribution in [0.2, 0.25) is 0 Å². The summed E-state index contributed by atoms with van der Waals surface area (Å²) in [6, 6.07) is 7.89. The van der Waals surface area contributed by atoms with E-state index in [-0.39, 0.29) is 5.91 Å². The number of nitrogens with zero attached hydrogens (tertiary/aromatic N) is 4. The van der Waals surface area contributed by atoms with Crippen molar-refractivity contribution in [2.45, 2.75) is 38.5 Å². The molecule has 7 heteroatoms. The number of aryl methyl sites for hydroxylation is 1. The quantitative estimate of drug-likeness (QED) is 0.830. The molecule has 0 aliphatic carbocycles. The Bertz CT molecular complexity index is 836. The Morgan fingerprint density at radius 3 is 2.59 bits per heavy atom. The highest BCUT2D eigenvalue weighted by molar-refractivity contribution is 5.95. The van der Waals surface area contributed by atoms with Gasteiger partial charge in [0.2, 0.25) is 0 Å². The molecule has 2 aliphatic heterocycles. The maximum absolute atomic E-state index is 13.2. The summed E-state index contributed by atoms with van der Waals surface area (Å²) in [5, 5.41) is 11.0. The van der Waals surface area contributed by atoms with Crippen molar-refractivity contribution in [3.8, 4) is 0 Å². The second-order valence-electron chi connectivity index (χ2n) is 8.16. The number of carbonyl (C=O) groups is 1. The van der Waals surface area contributed by atoms with Crippen LogP contribution in [0.25, 0.3) is 0 Å². The molecular formula is C22H30N4O3. The van der Waals surface area contributed by atoms with E-state index in [0.29, 0.717) is 32.5 Å². The average molecular weight is 399 g/mol. The number of benzene rings is 1. The molecule has 2 saturated heterocycles. The molecule has 2 fully saturated rings. The number of likely N-dealkylation sites (tertiary alicyclic amines) is 1. The van der Waals surface area contributed by atoms with Gasteiger partial charge < -0.3 is 19.3 Å². The summed E-state index contributed by atoms with van der Waals surface area (Å²) < 4.78 is 7.41. The van der Waals surface area contributed by atoms with E-state index in [2.05, 4.69) is 9.88 Å². The van der Waals surface area contributed by atoms with Gasteiger partial charge in [0.1, 0.15) is 5.82 Å². The molecule has 29 heavy (non-hydrogen) atoms. The fourth-order valence-electron chi connectivity index (χ4n) is 4.21. The van der Waals surface area contributed by atoms with E-state index in [9.17, 15) is 9.90 Å². The first-order chi connectivity index (χ1) is 14.0. The monoisotopic (exact) mass is 398 g/mol. The minimum absolute atomic E-state index is 0.0646. The number of rotatable bonds is 5. The molecule has 0 bridgehead atoms. The van der Waals surface area contributed by atoms with Crippen LogP contribution in [-0.2, 0) is 17.8 Å². The average Bonchev–Trinajstić information content (AvgIpc) is 3.13. The fraction of sp³-hybridized carbons (Fsp3) is 0.545. The number of piperidine rings is 1.